The highest BCUT2D eigenvalue weighted by Crippen LogP contribution is 2.36. The predicted molar refractivity (Wildman–Crippen MR) is 47.9 cm³/mol. The van der Waals surface area contributed by atoms with Gasteiger partial charge < -0.3 is 20.3 Å². The van der Waals surface area contributed by atoms with Crippen molar-refractivity contribution in [2.45, 2.75) is 6.10 Å². The van der Waals surface area contributed by atoms with Gasteiger partial charge in [-0.2, -0.15) is 0 Å². The molecule has 0 spiro atoms. The maximum atomic E-state index is 8.85. The molecule has 1 aliphatic heterocycles. The number of aliphatic hydroxyl groups excluding tert-OH is 1. The standard InChI is InChI=1S/C9H11NO3/c10-7-2-1-3-8-9(7)12-5-6(4-11)13-8/h1-3,6,11H,4-5,10H2/t6-/m0/s1. The van der Waals surface area contributed by atoms with Crippen LogP contribution in [0.2, 0.25) is 0 Å². The van der Waals surface area contributed by atoms with Crippen molar-refractivity contribution in [2.24, 2.45) is 0 Å². The van der Waals surface area contributed by atoms with Crippen LogP contribution in [0, 0.1) is 0 Å². The van der Waals surface area contributed by atoms with Crippen LogP contribution in [0.5, 0.6) is 11.5 Å². The zero-order chi connectivity index (χ0) is 9.26. The van der Waals surface area contributed by atoms with Crippen molar-refractivity contribution >= 4 is 5.69 Å². The molecular formula is C9H11NO3. The molecule has 1 aromatic carbocycles. The molecule has 70 valence electrons. The molecule has 0 bridgehead atoms. The Hall–Kier alpha value is -1.42. The summed E-state index contributed by atoms with van der Waals surface area (Å²) in [6.45, 7) is 0.298. The number of nitrogens with two attached hydrogens (primary N) is 1. The smallest absolute Gasteiger partial charge is 0.184 e. The lowest BCUT2D eigenvalue weighted by Crippen LogP contribution is -2.32. The fourth-order valence-corrected chi connectivity index (χ4v) is 1.26. The normalized spacial score (nSPS) is 19.9. The van der Waals surface area contributed by atoms with Crippen LogP contribution in [0.25, 0.3) is 0 Å². The van der Waals surface area contributed by atoms with E-state index in [2.05, 4.69) is 0 Å². The fraction of sp³-hybridized carbons (Fsp3) is 0.333. The van der Waals surface area contributed by atoms with Crippen molar-refractivity contribution in [2.75, 3.05) is 18.9 Å². The first kappa shape index (κ1) is 8.19. The molecule has 4 nitrogen and oxygen atoms in total. The molecule has 0 aliphatic carbocycles. The molecular weight excluding hydrogens is 170 g/mol. The molecule has 13 heavy (non-hydrogen) atoms. The molecule has 0 radical (unpaired) electrons. The number of benzene rings is 1. The average Bonchev–Trinajstić information content (AvgIpc) is 2.18. The summed E-state index contributed by atoms with van der Waals surface area (Å²) in [5.74, 6) is 1.18. The van der Waals surface area contributed by atoms with E-state index in [9.17, 15) is 0 Å². The molecule has 1 atom stereocenters. The van der Waals surface area contributed by atoms with Crippen LogP contribution in [-0.4, -0.2) is 24.4 Å². The van der Waals surface area contributed by atoms with Gasteiger partial charge in [-0.05, 0) is 12.1 Å². The zero-order valence-corrected chi connectivity index (χ0v) is 7.06. The molecule has 0 aromatic heterocycles. The molecule has 0 unspecified atom stereocenters. The first-order valence-corrected chi connectivity index (χ1v) is 4.10. The SMILES string of the molecule is Nc1cccc2c1OC[C@H](CO)O2. The number of rotatable bonds is 1. The van der Waals surface area contributed by atoms with E-state index in [1.807, 2.05) is 0 Å². The molecule has 1 aliphatic rings. The van der Waals surface area contributed by atoms with Crippen LogP contribution >= 0.6 is 0 Å². The van der Waals surface area contributed by atoms with Crippen LogP contribution in [0.3, 0.4) is 0 Å². The molecule has 0 saturated carbocycles. The van der Waals surface area contributed by atoms with E-state index in [-0.39, 0.29) is 12.7 Å². The largest absolute Gasteiger partial charge is 0.484 e. The van der Waals surface area contributed by atoms with Gasteiger partial charge in [0.25, 0.3) is 0 Å². The van der Waals surface area contributed by atoms with Crippen LogP contribution < -0.4 is 15.2 Å². The summed E-state index contributed by atoms with van der Waals surface area (Å²) in [5, 5.41) is 8.85. The molecule has 3 N–H and O–H groups in total. The number of ether oxygens (including phenoxy) is 2. The van der Waals surface area contributed by atoms with Gasteiger partial charge in [0.2, 0.25) is 0 Å². The molecule has 0 saturated heterocycles. The van der Waals surface area contributed by atoms with Gasteiger partial charge in [-0.25, -0.2) is 0 Å². The summed E-state index contributed by atoms with van der Waals surface area (Å²) < 4.78 is 10.8. The second-order valence-corrected chi connectivity index (χ2v) is 2.91. The molecule has 4 heteroatoms. The molecule has 1 aromatic rings. The lowest BCUT2D eigenvalue weighted by Gasteiger charge is -2.25. The number of fused-ring (bicyclic) bond motifs is 1. The Morgan fingerprint density at radius 3 is 3.15 bits per heavy atom. The number of nitrogen functional groups attached to an aromatic ring is 1. The Labute approximate surface area is 75.9 Å². The Morgan fingerprint density at radius 1 is 1.54 bits per heavy atom. The third kappa shape index (κ3) is 1.40. The number of para-hydroxylation sites is 1. The van der Waals surface area contributed by atoms with Crippen molar-refractivity contribution in [3.8, 4) is 11.5 Å². The molecule has 2 rings (SSSR count). The van der Waals surface area contributed by atoms with E-state index >= 15 is 0 Å². The van der Waals surface area contributed by atoms with Gasteiger partial charge in [0, 0.05) is 0 Å². The van der Waals surface area contributed by atoms with Crippen LogP contribution in [0.15, 0.2) is 18.2 Å². The molecule has 1 heterocycles. The Morgan fingerprint density at radius 2 is 2.38 bits per heavy atom. The Bertz CT molecular complexity index is 314. The Balaban J connectivity index is 2.31. The summed E-state index contributed by atoms with van der Waals surface area (Å²) in [7, 11) is 0. The van der Waals surface area contributed by atoms with Gasteiger partial charge in [0.15, 0.2) is 17.6 Å². The van der Waals surface area contributed by atoms with E-state index in [1.165, 1.54) is 0 Å². The minimum Gasteiger partial charge on any atom is -0.484 e. The van der Waals surface area contributed by atoms with Crippen molar-refractivity contribution in [1.82, 2.24) is 0 Å². The lowest BCUT2D eigenvalue weighted by atomic mass is 10.2. The molecule has 0 amide bonds. The summed E-state index contributed by atoms with van der Waals surface area (Å²) in [5.41, 5.74) is 6.22. The minimum atomic E-state index is -0.283. The highest BCUT2D eigenvalue weighted by Gasteiger charge is 2.21. The maximum absolute atomic E-state index is 8.85. The van der Waals surface area contributed by atoms with Gasteiger partial charge >= 0.3 is 0 Å². The van der Waals surface area contributed by atoms with E-state index in [4.69, 9.17) is 20.3 Å². The topological polar surface area (TPSA) is 64.7 Å². The van der Waals surface area contributed by atoms with Gasteiger partial charge in [-0.1, -0.05) is 6.07 Å². The number of anilines is 1. The van der Waals surface area contributed by atoms with E-state index in [0.717, 1.165) is 0 Å². The maximum Gasteiger partial charge on any atom is 0.184 e. The minimum absolute atomic E-state index is 0.0474. The van der Waals surface area contributed by atoms with Gasteiger partial charge in [-0.3, -0.25) is 0 Å². The summed E-state index contributed by atoms with van der Waals surface area (Å²) in [4.78, 5) is 0. The van der Waals surface area contributed by atoms with Gasteiger partial charge in [0.1, 0.15) is 6.61 Å². The number of aliphatic hydroxyl groups is 1. The quantitative estimate of drug-likeness (QED) is 0.615. The number of hydrogen-bond acceptors (Lipinski definition) is 4. The summed E-state index contributed by atoms with van der Waals surface area (Å²) in [6, 6.07) is 5.31. The van der Waals surface area contributed by atoms with Crippen molar-refractivity contribution < 1.29 is 14.6 Å². The third-order valence-corrected chi connectivity index (χ3v) is 1.92. The van der Waals surface area contributed by atoms with Crippen molar-refractivity contribution in [3.63, 3.8) is 0 Å². The van der Waals surface area contributed by atoms with Crippen LogP contribution in [-0.2, 0) is 0 Å². The average molecular weight is 181 g/mol. The highest BCUT2D eigenvalue weighted by molar-refractivity contribution is 5.60. The summed E-state index contributed by atoms with van der Waals surface area (Å²) in [6.07, 6.45) is -0.283. The van der Waals surface area contributed by atoms with Crippen LogP contribution in [0.4, 0.5) is 5.69 Å². The van der Waals surface area contributed by atoms with Gasteiger partial charge in [-0.15, -0.1) is 0 Å². The fourth-order valence-electron chi connectivity index (χ4n) is 1.26. The van der Waals surface area contributed by atoms with E-state index in [1.54, 1.807) is 18.2 Å². The van der Waals surface area contributed by atoms with Crippen molar-refractivity contribution in [1.29, 1.82) is 0 Å². The second kappa shape index (κ2) is 3.14. The zero-order valence-electron chi connectivity index (χ0n) is 7.06. The first-order valence-electron chi connectivity index (χ1n) is 4.10. The van der Waals surface area contributed by atoms with Crippen molar-refractivity contribution in [3.05, 3.63) is 18.2 Å². The monoisotopic (exact) mass is 181 g/mol. The predicted octanol–water partition coefficient (Wildman–Crippen LogP) is 0.401. The van der Waals surface area contributed by atoms with E-state index in [0.29, 0.717) is 23.8 Å². The van der Waals surface area contributed by atoms with Gasteiger partial charge in [0.05, 0.1) is 12.3 Å². The second-order valence-electron chi connectivity index (χ2n) is 2.91. The lowest BCUT2D eigenvalue weighted by molar-refractivity contribution is 0.0462. The number of hydrogen-bond donors (Lipinski definition) is 2. The summed E-state index contributed by atoms with van der Waals surface area (Å²) >= 11 is 0. The van der Waals surface area contributed by atoms with Crippen LogP contribution in [0.1, 0.15) is 0 Å². The van der Waals surface area contributed by atoms with E-state index < -0.39 is 0 Å². The molecule has 0 fully saturated rings. The Kier molecular flexibility index (Phi) is 1.98. The highest BCUT2D eigenvalue weighted by atomic mass is 16.6. The first-order chi connectivity index (χ1) is 6.31. The third-order valence-electron chi connectivity index (χ3n) is 1.92.